The van der Waals surface area contributed by atoms with Crippen LogP contribution in [0.15, 0.2) is 47.8 Å². The van der Waals surface area contributed by atoms with Crippen LogP contribution in [-0.4, -0.2) is 30.0 Å². The average molecular weight is 438 g/mol. The average Bonchev–Trinajstić information content (AvgIpc) is 3.21. The van der Waals surface area contributed by atoms with E-state index in [4.69, 9.17) is 0 Å². The molecule has 2 aromatic carbocycles. The highest BCUT2D eigenvalue weighted by Gasteiger charge is 2.14. The number of carbonyl (C=O) groups excluding carboxylic acids is 2. The summed E-state index contributed by atoms with van der Waals surface area (Å²) in [5.74, 6) is -0.318. The third-order valence-electron chi connectivity index (χ3n) is 4.85. The van der Waals surface area contributed by atoms with Crippen LogP contribution in [-0.2, 0) is 0 Å². The Morgan fingerprint density at radius 2 is 1.68 bits per heavy atom. The van der Waals surface area contributed by atoms with Crippen molar-refractivity contribution in [1.29, 1.82) is 0 Å². The number of benzene rings is 2. The van der Waals surface area contributed by atoms with Crippen molar-refractivity contribution >= 4 is 45.5 Å². The molecule has 0 aliphatic heterocycles. The van der Waals surface area contributed by atoms with Crippen LogP contribution >= 0.6 is 11.3 Å². The zero-order valence-electron chi connectivity index (χ0n) is 18.2. The molecule has 1 aromatic heterocycles. The Morgan fingerprint density at radius 1 is 0.968 bits per heavy atom. The number of hydrogen-bond donors (Lipinski definition) is 3. The van der Waals surface area contributed by atoms with E-state index >= 15 is 0 Å². The van der Waals surface area contributed by atoms with E-state index in [2.05, 4.69) is 45.7 Å². The molecule has 162 valence electrons. The molecule has 3 N–H and O–H groups in total. The molecule has 7 nitrogen and oxygen atoms in total. The van der Waals surface area contributed by atoms with Crippen molar-refractivity contribution < 1.29 is 9.59 Å². The van der Waals surface area contributed by atoms with E-state index in [1.807, 2.05) is 50.2 Å². The maximum atomic E-state index is 12.6. The van der Waals surface area contributed by atoms with Gasteiger partial charge in [-0.3, -0.25) is 10.1 Å². The lowest BCUT2D eigenvalue weighted by Crippen LogP contribution is -2.22. The molecule has 0 atom stereocenters. The molecule has 0 aliphatic carbocycles. The SMILES string of the molecule is CCN(CC)c1ccc(NC(=O)c2csc(NC(=O)Nc3ccc(C)cc3)n2)c(C)c1. The van der Waals surface area contributed by atoms with Gasteiger partial charge in [-0.05, 0) is 63.6 Å². The summed E-state index contributed by atoms with van der Waals surface area (Å²) in [6.45, 7) is 10.0. The molecule has 8 heteroatoms. The van der Waals surface area contributed by atoms with Crippen LogP contribution in [0, 0.1) is 13.8 Å². The highest BCUT2D eigenvalue weighted by Crippen LogP contribution is 2.24. The summed E-state index contributed by atoms with van der Waals surface area (Å²) >= 11 is 1.20. The number of carbonyl (C=O) groups is 2. The monoisotopic (exact) mass is 437 g/mol. The largest absolute Gasteiger partial charge is 0.372 e. The van der Waals surface area contributed by atoms with E-state index < -0.39 is 6.03 Å². The lowest BCUT2D eigenvalue weighted by atomic mass is 10.1. The maximum absolute atomic E-state index is 12.6. The van der Waals surface area contributed by atoms with Gasteiger partial charge in [-0.2, -0.15) is 0 Å². The number of hydrogen-bond acceptors (Lipinski definition) is 5. The van der Waals surface area contributed by atoms with Crippen LogP contribution in [0.5, 0.6) is 0 Å². The first-order valence-corrected chi connectivity index (χ1v) is 11.0. The summed E-state index contributed by atoms with van der Waals surface area (Å²) in [7, 11) is 0. The Bertz CT molecular complexity index is 1060. The Balaban J connectivity index is 1.61. The van der Waals surface area contributed by atoms with E-state index in [0.717, 1.165) is 35.6 Å². The van der Waals surface area contributed by atoms with Crippen molar-refractivity contribution in [1.82, 2.24) is 4.98 Å². The first-order chi connectivity index (χ1) is 14.9. The van der Waals surface area contributed by atoms with E-state index in [9.17, 15) is 9.59 Å². The molecule has 3 aromatic rings. The zero-order chi connectivity index (χ0) is 22.4. The predicted molar refractivity (Wildman–Crippen MR) is 129 cm³/mol. The van der Waals surface area contributed by atoms with Gasteiger partial charge in [-0.25, -0.2) is 9.78 Å². The van der Waals surface area contributed by atoms with Gasteiger partial charge in [0.15, 0.2) is 5.13 Å². The van der Waals surface area contributed by atoms with Gasteiger partial charge in [-0.15, -0.1) is 11.3 Å². The van der Waals surface area contributed by atoms with Crippen LogP contribution < -0.4 is 20.9 Å². The van der Waals surface area contributed by atoms with Crippen molar-refractivity contribution in [2.45, 2.75) is 27.7 Å². The number of thiazole rings is 1. The minimum atomic E-state index is -0.409. The molecule has 0 spiro atoms. The number of aryl methyl sites for hydroxylation is 2. The van der Waals surface area contributed by atoms with Gasteiger partial charge in [0.25, 0.3) is 5.91 Å². The van der Waals surface area contributed by atoms with E-state index in [0.29, 0.717) is 10.8 Å². The molecule has 0 saturated carbocycles. The summed E-state index contributed by atoms with van der Waals surface area (Å²) in [5.41, 5.74) is 4.88. The quantitative estimate of drug-likeness (QED) is 0.455. The number of amides is 3. The molecular weight excluding hydrogens is 410 g/mol. The molecular formula is C23H27N5O2S. The lowest BCUT2D eigenvalue weighted by Gasteiger charge is -2.22. The first-order valence-electron chi connectivity index (χ1n) is 10.2. The molecule has 0 bridgehead atoms. The number of aromatic nitrogens is 1. The topological polar surface area (TPSA) is 86.4 Å². The summed E-state index contributed by atoms with van der Waals surface area (Å²) < 4.78 is 0. The van der Waals surface area contributed by atoms with Crippen molar-refractivity contribution in [3.8, 4) is 0 Å². The Morgan fingerprint density at radius 3 is 2.32 bits per heavy atom. The molecule has 0 unspecified atom stereocenters. The molecule has 0 radical (unpaired) electrons. The fourth-order valence-electron chi connectivity index (χ4n) is 3.09. The molecule has 3 amide bonds. The van der Waals surface area contributed by atoms with Crippen molar-refractivity contribution in [3.63, 3.8) is 0 Å². The fraction of sp³-hybridized carbons (Fsp3) is 0.261. The van der Waals surface area contributed by atoms with E-state index in [-0.39, 0.29) is 11.6 Å². The van der Waals surface area contributed by atoms with Crippen molar-refractivity contribution in [2.75, 3.05) is 33.9 Å². The minimum absolute atomic E-state index is 0.253. The fourth-order valence-corrected chi connectivity index (χ4v) is 3.78. The van der Waals surface area contributed by atoms with Crippen molar-refractivity contribution in [3.05, 3.63) is 64.7 Å². The third-order valence-corrected chi connectivity index (χ3v) is 5.61. The van der Waals surface area contributed by atoms with Crippen molar-refractivity contribution in [2.24, 2.45) is 0 Å². The lowest BCUT2D eigenvalue weighted by molar-refractivity contribution is 0.102. The normalized spacial score (nSPS) is 10.5. The molecule has 3 rings (SSSR count). The molecule has 1 heterocycles. The molecule has 0 saturated heterocycles. The number of rotatable bonds is 7. The zero-order valence-corrected chi connectivity index (χ0v) is 19.0. The maximum Gasteiger partial charge on any atom is 0.325 e. The predicted octanol–water partition coefficient (Wildman–Crippen LogP) is 5.50. The number of anilines is 4. The van der Waals surface area contributed by atoms with E-state index in [1.54, 1.807) is 5.38 Å². The molecule has 31 heavy (non-hydrogen) atoms. The van der Waals surface area contributed by atoms with Gasteiger partial charge in [0.1, 0.15) is 5.69 Å². The summed E-state index contributed by atoms with van der Waals surface area (Å²) in [6.07, 6.45) is 0. The highest BCUT2D eigenvalue weighted by molar-refractivity contribution is 7.14. The second-order valence-electron chi connectivity index (χ2n) is 7.11. The third kappa shape index (κ3) is 5.82. The summed E-state index contributed by atoms with van der Waals surface area (Å²) in [6, 6.07) is 13.0. The van der Waals surface area contributed by atoms with Gasteiger partial charge < -0.3 is 15.5 Å². The second-order valence-corrected chi connectivity index (χ2v) is 7.97. The van der Waals surface area contributed by atoms with Crippen LogP contribution in [0.4, 0.5) is 27.0 Å². The molecule has 0 aliphatic rings. The van der Waals surface area contributed by atoms with Crippen LogP contribution in [0.1, 0.15) is 35.5 Å². The number of urea groups is 1. The van der Waals surface area contributed by atoms with Gasteiger partial charge >= 0.3 is 6.03 Å². The van der Waals surface area contributed by atoms with Crippen LogP contribution in [0.2, 0.25) is 0 Å². The Hall–Kier alpha value is -3.39. The standard InChI is InChI=1S/C23H27N5O2S/c1-5-28(6-2)18-11-12-19(16(4)13-18)25-21(29)20-14-31-23(26-20)27-22(30)24-17-9-7-15(3)8-10-17/h7-14H,5-6H2,1-4H3,(H,25,29)(H2,24,26,27,30). The van der Waals surface area contributed by atoms with Gasteiger partial charge in [0.2, 0.25) is 0 Å². The van der Waals surface area contributed by atoms with Crippen LogP contribution in [0.3, 0.4) is 0 Å². The summed E-state index contributed by atoms with van der Waals surface area (Å²) in [5, 5.41) is 10.3. The Kier molecular flexibility index (Phi) is 7.25. The second kappa shape index (κ2) is 10.1. The highest BCUT2D eigenvalue weighted by atomic mass is 32.1. The number of nitrogens with zero attached hydrogens (tertiary/aromatic N) is 2. The minimum Gasteiger partial charge on any atom is -0.372 e. The Labute approximate surface area is 186 Å². The van der Waals surface area contributed by atoms with Crippen LogP contribution in [0.25, 0.3) is 0 Å². The number of nitrogens with one attached hydrogen (secondary N) is 3. The van der Waals surface area contributed by atoms with E-state index in [1.165, 1.54) is 11.3 Å². The first kappa shape index (κ1) is 22.3. The smallest absolute Gasteiger partial charge is 0.325 e. The van der Waals surface area contributed by atoms with Gasteiger partial charge in [0.05, 0.1) is 0 Å². The summed E-state index contributed by atoms with van der Waals surface area (Å²) in [4.78, 5) is 31.3. The van der Waals surface area contributed by atoms with Gasteiger partial charge in [-0.1, -0.05) is 17.7 Å². The molecule has 0 fully saturated rings. The van der Waals surface area contributed by atoms with Gasteiger partial charge in [0, 0.05) is 35.5 Å².